The number of benzene rings is 2. The monoisotopic (exact) mass is 360 g/mol. The summed E-state index contributed by atoms with van der Waals surface area (Å²) in [6.45, 7) is 1.98. The Morgan fingerprint density at radius 2 is 1.89 bits per heavy atom. The second kappa shape index (κ2) is 6.87. The van der Waals surface area contributed by atoms with E-state index in [9.17, 15) is 4.79 Å². The fraction of sp³-hybridized carbons (Fsp3) is 0.100. The van der Waals surface area contributed by atoms with Gasteiger partial charge in [-0.2, -0.15) is 10.1 Å². The molecule has 2 heterocycles. The van der Waals surface area contributed by atoms with Gasteiger partial charge < -0.3 is 9.26 Å². The highest BCUT2D eigenvalue weighted by Crippen LogP contribution is 2.20. The number of aryl methyl sites for hydroxylation is 1. The molecule has 0 bridgehead atoms. The van der Waals surface area contributed by atoms with Crippen LogP contribution in [-0.4, -0.2) is 27.0 Å². The van der Waals surface area contributed by atoms with Gasteiger partial charge in [-0.1, -0.05) is 28.9 Å². The predicted molar refractivity (Wildman–Crippen MR) is 99.9 cm³/mol. The molecule has 0 aliphatic heterocycles. The van der Waals surface area contributed by atoms with E-state index >= 15 is 0 Å². The molecule has 0 fully saturated rings. The number of hydrogen-bond donors (Lipinski definition) is 0. The lowest BCUT2D eigenvalue weighted by Crippen LogP contribution is -2.12. The molecule has 27 heavy (non-hydrogen) atoms. The van der Waals surface area contributed by atoms with Crippen LogP contribution in [-0.2, 0) is 0 Å². The van der Waals surface area contributed by atoms with E-state index in [-0.39, 0.29) is 17.0 Å². The number of aromatic nitrogens is 4. The van der Waals surface area contributed by atoms with Crippen LogP contribution in [0.1, 0.15) is 5.56 Å². The Bertz CT molecular complexity index is 1150. The molecular weight excluding hydrogens is 344 g/mol. The van der Waals surface area contributed by atoms with Gasteiger partial charge in [0.25, 0.3) is 5.89 Å². The minimum absolute atomic E-state index is 0.0827. The van der Waals surface area contributed by atoms with Crippen LogP contribution in [0.5, 0.6) is 5.75 Å². The zero-order valence-corrected chi connectivity index (χ0v) is 14.8. The fourth-order valence-electron chi connectivity index (χ4n) is 2.66. The van der Waals surface area contributed by atoms with Gasteiger partial charge in [0.2, 0.25) is 11.3 Å². The molecule has 0 N–H and O–H groups in total. The Morgan fingerprint density at radius 1 is 1.07 bits per heavy atom. The predicted octanol–water partition coefficient (Wildman–Crippen LogP) is 3.27. The summed E-state index contributed by atoms with van der Waals surface area (Å²) in [5.74, 6) is 1.23. The summed E-state index contributed by atoms with van der Waals surface area (Å²) in [6.07, 6.45) is 1.59. The van der Waals surface area contributed by atoms with E-state index in [0.717, 1.165) is 22.6 Å². The zero-order valence-electron chi connectivity index (χ0n) is 14.8. The quantitative estimate of drug-likeness (QED) is 0.555. The van der Waals surface area contributed by atoms with E-state index in [0.29, 0.717) is 5.82 Å². The number of methoxy groups -OCH3 is 1. The van der Waals surface area contributed by atoms with Crippen LogP contribution in [0.4, 0.5) is 0 Å². The van der Waals surface area contributed by atoms with Gasteiger partial charge in [-0.15, -0.1) is 0 Å². The summed E-state index contributed by atoms with van der Waals surface area (Å²) >= 11 is 0. The molecule has 0 aliphatic rings. The normalized spacial score (nSPS) is 10.7. The Balaban J connectivity index is 1.72. The maximum atomic E-state index is 12.3. The van der Waals surface area contributed by atoms with E-state index in [1.54, 1.807) is 18.0 Å². The number of hydrogen-bond acceptors (Lipinski definition) is 6. The molecule has 0 atom stereocenters. The van der Waals surface area contributed by atoms with Crippen molar-refractivity contribution in [3.8, 4) is 34.4 Å². The van der Waals surface area contributed by atoms with Crippen LogP contribution in [0.2, 0.25) is 0 Å². The van der Waals surface area contributed by atoms with E-state index in [1.807, 2.05) is 55.5 Å². The summed E-state index contributed by atoms with van der Waals surface area (Å²) in [4.78, 5) is 16.6. The molecule has 7 nitrogen and oxygen atoms in total. The second-order valence-electron chi connectivity index (χ2n) is 5.96. The van der Waals surface area contributed by atoms with Gasteiger partial charge in [-0.3, -0.25) is 4.79 Å². The van der Waals surface area contributed by atoms with Crippen molar-refractivity contribution in [3.05, 3.63) is 76.6 Å². The number of rotatable bonds is 4. The van der Waals surface area contributed by atoms with Crippen molar-refractivity contribution < 1.29 is 9.26 Å². The van der Waals surface area contributed by atoms with Crippen LogP contribution in [0.25, 0.3) is 28.7 Å². The van der Waals surface area contributed by atoms with E-state index < -0.39 is 0 Å². The molecule has 4 aromatic rings. The average Bonchev–Trinajstić information content (AvgIpc) is 3.18. The first-order chi connectivity index (χ1) is 13.1. The fourth-order valence-corrected chi connectivity index (χ4v) is 2.66. The lowest BCUT2D eigenvalue weighted by Gasteiger charge is -2.06. The molecule has 0 saturated heterocycles. The minimum Gasteiger partial charge on any atom is -0.497 e. The Hall–Kier alpha value is -3.74. The molecule has 4 rings (SSSR count). The Morgan fingerprint density at radius 3 is 2.63 bits per heavy atom. The van der Waals surface area contributed by atoms with Gasteiger partial charge in [0.1, 0.15) is 5.75 Å². The van der Waals surface area contributed by atoms with Crippen LogP contribution in [0, 0.1) is 6.92 Å². The van der Waals surface area contributed by atoms with Crippen molar-refractivity contribution >= 4 is 0 Å². The number of ether oxygens (including phenoxy) is 1. The second-order valence-corrected chi connectivity index (χ2v) is 5.96. The Labute approximate surface area is 154 Å². The molecule has 7 heteroatoms. The van der Waals surface area contributed by atoms with Crippen molar-refractivity contribution in [2.45, 2.75) is 6.92 Å². The van der Waals surface area contributed by atoms with Crippen molar-refractivity contribution in [1.82, 2.24) is 19.9 Å². The Kier molecular flexibility index (Phi) is 4.25. The third kappa shape index (κ3) is 3.35. The molecule has 0 spiro atoms. The van der Waals surface area contributed by atoms with Gasteiger partial charge in [0.05, 0.1) is 12.8 Å². The lowest BCUT2D eigenvalue weighted by atomic mass is 10.1. The van der Waals surface area contributed by atoms with Crippen molar-refractivity contribution in [1.29, 1.82) is 0 Å². The average molecular weight is 360 g/mol. The SMILES string of the molecule is COc1ccc(-n2ccc(=O)c(-c3nc(-c4cccc(C)c4)no3)n2)cc1. The summed E-state index contributed by atoms with van der Waals surface area (Å²) in [5, 5.41) is 8.34. The molecular formula is C20H16N4O3. The van der Waals surface area contributed by atoms with Gasteiger partial charge in [0, 0.05) is 17.8 Å². The van der Waals surface area contributed by atoms with E-state index in [2.05, 4.69) is 15.2 Å². The first-order valence-electron chi connectivity index (χ1n) is 8.29. The van der Waals surface area contributed by atoms with Crippen LogP contribution >= 0.6 is 0 Å². The maximum absolute atomic E-state index is 12.3. The number of nitrogens with zero attached hydrogens (tertiary/aromatic N) is 4. The van der Waals surface area contributed by atoms with Crippen LogP contribution in [0.15, 0.2) is 70.1 Å². The highest BCUT2D eigenvalue weighted by molar-refractivity contribution is 5.58. The van der Waals surface area contributed by atoms with Crippen molar-refractivity contribution in [2.75, 3.05) is 7.11 Å². The third-order valence-corrected chi connectivity index (χ3v) is 4.05. The highest BCUT2D eigenvalue weighted by Gasteiger charge is 2.16. The van der Waals surface area contributed by atoms with Gasteiger partial charge in [-0.05, 0) is 37.3 Å². The van der Waals surface area contributed by atoms with Crippen LogP contribution in [0.3, 0.4) is 0 Å². The standard InChI is InChI=1S/C20H16N4O3/c1-13-4-3-5-14(12-13)19-21-20(27-23-19)18-17(25)10-11-24(22-18)15-6-8-16(26-2)9-7-15/h3-12H,1-2H3. The third-order valence-electron chi connectivity index (χ3n) is 4.05. The zero-order chi connectivity index (χ0) is 18.8. The van der Waals surface area contributed by atoms with Crippen molar-refractivity contribution in [2.24, 2.45) is 0 Å². The van der Waals surface area contributed by atoms with Gasteiger partial charge in [0.15, 0.2) is 5.69 Å². The summed E-state index contributed by atoms with van der Waals surface area (Å²) < 4.78 is 12.0. The molecule has 2 aromatic heterocycles. The molecule has 134 valence electrons. The highest BCUT2D eigenvalue weighted by atomic mass is 16.5. The summed E-state index contributed by atoms with van der Waals surface area (Å²) in [7, 11) is 1.60. The van der Waals surface area contributed by atoms with Crippen molar-refractivity contribution in [3.63, 3.8) is 0 Å². The van der Waals surface area contributed by atoms with E-state index in [4.69, 9.17) is 9.26 Å². The van der Waals surface area contributed by atoms with E-state index in [1.165, 1.54) is 6.07 Å². The molecule has 0 saturated carbocycles. The lowest BCUT2D eigenvalue weighted by molar-refractivity contribution is 0.414. The molecule has 2 aromatic carbocycles. The molecule has 0 aliphatic carbocycles. The first-order valence-corrected chi connectivity index (χ1v) is 8.29. The topological polar surface area (TPSA) is 83.0 Å². The largest absolute Gasteiger partial charge is 0.497 e. The maximum Gasteiger partial charge on any atom is 0.282 e. The van der Waals surface area contributed by atoms with Crippen LogP contribution < -0.4 is 10.2 Å². The first kappa shape index (κ1) is 16.7. The smallest absolute Gasteiger partial charge is 0.282 e. The summed E-state index contributed by atoms with van der Waals surface area (Å²) in [5.41, 5.74) is 2.48. The van der Waals surface area contributed by atoms with Gasteiger partial charge >= 0.3 is 0 Å². The minimum atomic E-state index is -0.292. The van der Waals surface area contributed by atoms with Gasteiger partial charge in [-0.25, -0.2) is 4.68 Å². The summed E-state index contributed by atoms with van der Waals surface area (Å²) in [6, 6.07) is 16.5. The molecule has 0 unspecified atom stereocenters. The molecule has 0 radical (unpaired) electrons. The molecule has 0 amide bonds.